The molecule has 0 aromatic heterocycles. The Labute approximate surface area is 163 Å². The first-order valence-electron chi connectivity index (χ1n) is 8.69. The maximum atomic E-state index is 12.7. The molecule has 2 N–H and O–H groups in total. The van der Waals surface area contributed by atoms with E-state index in [9.17, 15) is 14.4 Å². The molecule has 0 saturated heterocycles. The van der Waals surface area contributed by atoms with Crippen molar-refractivity contribution in [2.45, 2.75) is 26.3 Å². The second kappa shape index (κ2) is 9.92. The van der Waals surface area contributed by atoms with Crippen molar-refractivity contribution >= 4 is 35.0 Å². The van der Waals surface area contributed by atoms with Crippen LogP contribution in [0.3, 0.4) is 0 Å². The third kappa shape index (κ3) is 6.25. The van der Waals surface area contributed by atoms with Crippen LogP contribution in [0, 0.1) is 6.92 Å². The number of thioether (sulfide) groups is 1. The molecule has 0 aliphatic heterocycles. The molecule has 0 radical (unpaired) electrons. The number of amides is 2. The second-order valence-electron chi connectivity index (χ2n) is 6.30. The van der Waals surface area contributed by atoms with Crippen LogP contribution in [0.15, 0.2) is 48.5 Å². The van der Waals surface area contributed by atoms with Gasteiger partial charge in [0.15, 0.2) is 5.78 Å². The number of carbonyl (C=O) groups excluding carboxylic acids is 3. The standard InChI is InChI=1S/C21H24N2O3S/c1-14-6-4-8-17(12-14)20(25)23-19(10-11-27-3)21(26)22-18-9-5-7-16(13-18)15(2)24/h4-9,12-13,19H,10-11H2,1-3H3,(H,22,26)(H,23,25). The van der Waals surface area contributed by atoms with Crippen molar-refractivity contribution in [1.82, 2.24) is 5.32 Å². The van der Waals surface area contributed by atoms with Crippen molar-refractivity contribution in [2.75, 3.05) is 17.3 Å². The van der Waals surface area contributed by atoms with Crippen molar-refractivity contribution < 1.29 is 14.4 Å². The van der Waals surface area contributed by atoms with Gasteiger partial charge in [-0.3, -0.25) is 14.4 Å². The van der Waals surface area contributed by atoms with Gasteiger partial charge < -0.3 is 10.6 Å². The summed E-state index contributed by atoms with van der Waals surface area (Å²) in [5, 5.41) is 5.62. The van der Waals surface area contributed by atoms with Crippen LogP contribution in [0.25, 0.3) is 0 Å². The molecule has 2 rings (SSSR count). The summed E-state index contributed by atoms with van der Waals surface area (Å²) >= 11 is 1.61. The monoisotopic (exact) mass is 384 g/mol. The first-order valence-corrected chi connectivity index (χ1v) is 10.1. The number of aryl methyl sites for hydroxylation is 1. The minimum atomic E-state index is -0.661. The van der Waals surface area contributed by atoms with Crippen molar-refractivity contribution in [1.29, 1.82) is 0 Å². The zero-order valence-electron chi connectivity index (χ0n) is 15.7. The van der Waals surface area contributed by atoms with Gasteiger partial charge in [0.2, 0.25) is 5.91 Å². The molecule has 2 aromatic carbocycles. The molecule has 2 amide bonds. The van der Waals surface area contributed by atoms with Gasteiger partial charge in [-0.2, -0.15) is 11.8 Å². The zero-order valence-corrected chi connectivity index (χ0v) is 16.6. The summed E-state index contributed by atoms with van der Waals surface area (Å²) in [6.07, 6.45) is 2.46. The molecule has 0 bridgehead atoms. The summed E-state index contributed by atoms with van der Waals surface area (Å²) in [6, 6.07) is 13.3. The average molecular weight is 385 g/mol. The number of hydrogen-bond donors (Lipinski definition) is 2. The van der Waals surface area contributed by atoms with Gasteiger partial charge in [-0.05, 0) is 56.5 Å². The molecular weight excluding hydrogens is 360 g/mol. The quantitative estimate of drug-likeness (QED) is 0.681. The molecule has 6 heteroatoms. The summed E-state index contributed by atoms with van der Waals surface area (Å²) in [7, 11) is 0. The Bertz CT molecular complexity index is 836. The van der Waals surface area contributed by atoms with Gasteiger partial charge in [-0.15, -0.1) is 0 Å². The summed E-state index contributed by atoms with van der Waals surface area (Å²) < 4.78 is 0. The number of ketones is 1. The fourth-order valence-electron chi connectivity index (χ4n) is 2.58. The van der Waals surface area contributed by atoms with E-state index in [1.807, 2.05) is 25.3 Å². The molecule has 27 heavy (non-hydrogen) atoms. The number of benzene rings is 2. The lowest BCUT2D eigenvalue weighted by molar-refractivity contribution is -0.118. The van der Waals surface area contributed by atoms with Crippen LogP contribution >= 0.6 is 11.8 Å². The van der Waals surface area contributed by atoms with Crippen molar-refractivity contribution in [3.05, 3.63) is 65.2 Å². The van der Waals surface area contributed by atoms with E-state index in [-0.39, 0.29) is 17.6 Å². The minimum Gasteiger partial charge on any atom is -0.340 e. The lowest BCUT2D eigenvalue weighted by Gasteiger charge is -2.18. The lowest BCUT2D eigenvalue weighted by Crippen LogP contribution is -2.44. The Morgan fingerprint density at radius 2 is 1.74 bits per heavy atom. The maximum absolute atomic E-state index is 12.7. The van der Waals surface area contributed by atoms with E-state index >= 15 is 0 Å². The third-order valence-electron chi connectivity index (χ3n) is 4.05. The highest BCUT2D eigenvalue weighted by atomic mass is 32.2. The van der Waals surface area contributed by atoms with E-state index in [0.717, 1.165) is 11.3 Å². The van der Waals surface area contributed by atoms with Crippen LogP contribution < -0.4 is 10.6 Å². The van der Waals surface area contributed by atoms with E-state index in [0.29, 0.717) is 23.2 Å². The first kappa shape index (κ1) is 20.7. The predicted molar refractivity (Wildman–Crippen MR) is 111 cm³/mol. The van der Waals surface area contributed by atoms with Gasteiger partial charge in [0.1, 0.15) is 6.04 Å². The van der Waals surface area contributed by atoms with E-state index in [2.05, 4.69) is 10.6 Å². The van der Waals surface area contributed by atoms with Crippen LogP contribution in [0.5, 0.6) is 0 Å². The van der Waals surface area contributed by atoms with E-state index in [4.69, 9.17) is 0 Å². The molecule has 0 aliphatic carbocycles. The summed E-state index contributed by atoms with van der Waals surface area (Å²) in [6.45, 7) is 3.39. The molecule has 1 unspecified atom stereocenters. The molecule has 0 aliphatic rings. The Balaban J connectivity index is 2.12. The molecule has 0 saturated carbocycles. The van der Waals surface area contributed by atoms with Crippen molar-refractivity contribution in [3.8, 4) is 0 Å². The SMILES string of the molecule is CSCCC(NC(=O)c1cccc(C)c1)C(=O)Nc1cccc(C(C)=O)c1. The Morgan fingerprint density at radius 1 is 1.04 bits per heavy atom. The summed E-state index contributed by atoms with van der Waals surface area (Å²) in [5.41, 5.74) is 2.56. The van der Waals surface area contributed by atoms with Gasteiger partial charge >= 0.3 is 0 Å². The van der Waals surface area contributed by atoms with Crippen LogP contribution in [-0.2, 0) is 4.79 Å². The van der Waals surface area contributed by atoms with Crippen LogP contribution in [0.4, 0.5) is 5.69 Å². The molecule has 5 nitrogen and oxygen atoms in total. The number of hydrogen-bond acceptors (Lipinski definition) is 4. The van der Waals surface area contributed by atoms with Gasteiger partial charge in [-0.25, -0.2) is 0 Å². The van der Waals surface area contributed by atoms with Crippen LogP contribution in [0.1, 0.15) is 39.6 Å². The van der Waals surface area contributed by atoms with Gasteiger partial charge in [0.25, 0.3) is 5.91 Å². The van der Waals surface area contributed by atoms with Crippen LogP contribution in [-0.4, -0.2) is 35.6 Å². The second-order valence-corrected chi connectivity index (χ2v) is 7.29. The molecule has 1 atom stereocenters. The predicted octanol–water partition coefficient (Wildman–Crippen LogP) is 3.69. The topological polar surface area (TPSA) is 75.3 Å². The lowest BCUT2D eigenvalue weighted by atomic mass is 10.1. The molecule has 0 fully saturated rings. The molecule has 2 aromatic rings. The van der Waals surface area contributed by atoms with Gasteiger partial charge in [0.05, 0.1) is 0 Å². The average Bonchev–Trinajstić information content (AvgIpc) is 2.65. The van der Waals surface area contributed by atoms with E-state index in [1.54, 1.807) is 48.2 Å². The van der Waals surface area contributed by atoms with E-state index < -0.39 is 6.04 Å². The van der Waals surface area contributed by atoms with Crippen molar-refractivity contribution in [2.24, 2.45) is 0 Å². The smallest absolute Gasteiger partial charge is 0.251 e. The summed E-state index contributed by atoms with van der Waals surface area (Å²) in [4.78, 5) is 36.8. The Morgan fingerprint density at radius 3 is 2.41 bits per heavy atom. The molecule has 0 spiro atoms. The number of Topliss-reactive ketones (excluding diaryl/α,β-unsaturated/α-hetero) is 1. The maximum Gasteiger partial charge on any atom is 0.251 e. The first-order chi connectivity index (χ1) is 12.9. The fourth-order valence-corrected chi connectivity index (χ4v) is 3.05. The minimum absolute atomic E-state index is 0.0715. The molecule has 142 valence electrons. The number of rotatable bonds is 8. The highest BCUT2D eigenvalue weighted by Crippen LogP contribution is 2.13. The molecular formula is C21H24N2O3S. The normalized spacial score (nSPS) is 11.5. The number of anilines is 1. The third-order valence-corrected chi connectivity index (χ3v) is 4.69. The Kier molecular flexibility index (Phi) is 7.61. The largest absolute Gasteiger partial charge is 0.340 e. The van der Waals surface area contributed by atoms with Gasteiger partial charge in [0, 0.05) is 16.8 Å². The Hall–Kier alpha value is -2.60. The van der Waals surface area contributed by atoms with Crippen LogP contribution in [0.2, 0.25) is 0 Å². The highest BCUT2D eigenvalue weighted by Gasteiger charge is 2.21. The highest BCUT2D eigenvalue weighted by molar-refractivity contribution is 7.98. The van der Waals surface area contributed by atoms with Gasteiger partial charge in [-0.1, -0.05) is 29.8 Å². The fraction of sp³-hybridized carbons (Fsp3) is 0.286. The van der Waals surface area contributed by atoms with E-state index in [1.165, 1.54) is 6.92 Å². The number of nitrogens with one attached hydrogen (secondary N) is 2. The zero-order chi connectivity index (χ0) is 19.8. The molecule has 0 heterocycles. The number of carbonyl (C=O) groups is 3. The summed E-state index contributed by atoms with van der Waals surface area (Å²) in [5.74, 6) is 0.0839. The van der Waals surface area contributed by atoms with Crippen molar-refractivity contribution in [3.63, 3.8) is 0 Å².